The van der Waals surface area contributed by atoms with Crippen LogP contribution >= 0.6 is 11.6 Å². The van der Waals surface area contributed by atoms with Crippen molar-refractivity contribution in [2.24, 2.45) is 0 Å². The molecule has 0 saturated heterocycles. The Bertz CT molecular complexity index is 965. The number of carboxylic acids is 1. The standard InChI is InChI=1S/C16H9ClF2N2O3/c17-8-6-10(19)9(18)5-7(8)14(22)13(16(23)24)15-20-11-3-1-2-4-12(11)21-15/h1-6,22H,(H,20,21)(H,23,24)/b14-13+. The highest BCUT2D eigenvalue weighted by Gasteiger charge is 2.24. The fourth-order valence-electron chi connectivity index (χ4n) is 2.22. The summed E-state index contributed by atoms with van der Waals surface area (Å²) < 4.78 is 26.6. The van der Waals surface area contributed by atoms with E-state index in [4.69, 9.17) is 11.6 Å². The minimum Gasteiger partial charge on any atom is -0.506 e. The van der Waals surface area contributed by atoms with Gasteiger partial charge in [0, 0.05) is 5.56 Å². The quantitative estimate of drug-likeness (QED) is 0.378. The van der Waals surface area contributed by atoms with Crippen LogP contribution in [0.15, 0.2) is 36.4 Å². The molecule has 0 radical (unpaired) electrons. The minimum atomic E-state index is -1.51. The van der Waals surface area contributed by atoms with Gasteiger partial charge in [-0.25, -0.2) is 18.6 Å². The number of carboxylic acid groups (broad SMARTS) is 1. The lowest BCUT2D eigenvalue weighted by Gasteiger charge is -2.08. The molecule has 1 heterocycles. The molecule has 8 heteroatoms. The minimum absolute atomic E-state index is 0.137. The van der Waals surface area contributed by atoms with Gasteiger partial charge in [0.2, 0.25) is 0 Å². The zero-order valence-corrected chi connectivity index (χ0v) is 12.6. The first kappa shape index (κ1) is 15.9. The van der Waals surface area contributed by atoms with Crippen LogP contribution in [0.3, 0.4) is 0 Å². The van der Waals surface area contributed by atoms with Gasteiger partial charge in [-0.2, -0.15) is 0 Å². The Morgan fingerprint density at radius 3 is 2.46 bits per heavy atom. The second kappa shape index (κ2) is 5.93. The van der Waals surface area contributed by atoms with E-state index in [0.717, 1.165) is 0 Å². The number of aliphatic carboxylic acids is 1. The number of hydrogen-bond donors (Lipinski definition) is 3. The van der Waals surface area contributed by atoms with Crippen molar-refractivity contribution in [3.05, 3.63) is 64.4 Å². The van der Waals surface area contributed by atoms with Crippen molar-refractivity contribution in [3.8, 4) is 0 Å². The van der Waals surface area contributed by atoms with Gasteiger partial charge in [0.25, 0.3) is 0 Å². The van der Waals surface area contributed by atoms with Gasteiger partial charge in [-0.15, -0.1) is 0 Å². The highest BCUT2D eigenvalue weighted by atomic mass is 35.5. The number of para-hydroxylation sites is 2. The summed E-state index contributed by atoms with van der Waals surface area (Å²) in [6.45, 7) is 0. The molecule has 0 aliphatic heterocycles. The first-order chi connectivity index (χ1) is 11.4. The smallest absolute Gasteiger partial charge is 0.343 e. The van der Waals surface area contributed by atoms with Gasteiger partial charge >= 0.3 is 5.97 Å². The van der Waals surface area contributed by atoms with Crippen LogP contribution in [0.1, 0.15) is 11.4 Å². The number of hydrogen-bond acceptors (Lipinski definition) is 3. The predicted octanol–water partition coefficient (Wildman–Crippen LogP) is 4.01. The molecule has 3 aromatic rings. The topological polar surface area (TPSA) is 86.2 Å². The van der Waals surface area contributed by atoms with Gasteiger partial charge in [-0.1, -0.05) is 23.7 Å². The Morgan fingerprint density at radius 2 is 1.79 bits per heavy atom. The summed E-state index contributed by atoms with van der Waals surface area (Å²) in [4.78, 5) is 18.4. The van der Waals surface area contributed by atoms with Crippen LogP contribution in [0.2, 0.25) is 5.02 Å². The van der Waals surface area contributed by atoms with Crippen molar-refractivity contribution >= 4 is 39.9 Å². The predicted molar refractivity (Wildman–Crippen MR) is 84.5 cm³/mol. The molecule has 5 nitrogen and oxygen atoms in total. The normalized spacial score (nSPS) is 12.3. The molecule has 0 atom stereocenters. The Morgan fingerprint density at radius 1 is 1.12 bits per heavy atom. The zero-order valence-electron chi connectivity index (χ0n) is 11.8. The fraction of sp³-hybridized carbons (Fsp3) is 0. The van der Waals surface area contributed by atoms with Gasteiger partial charge in [0.1, 0.15) is 17.2 Å². The van der Waals surface area contributed by atoms with E-state index < -0.39 is 28.9 Å². The maximum atomic E-state index is 13.4. The second-order valence-corrected chi connectivity index (χ2v) is 5.28. The molecule has 0 fully saturated rings. The highest BCUT2D eigenvalue weighted by molar-refractivity contribution is 6.33. The van der Waals surface area contributed by atoms with Crippen molar-refractivity contribution in [2.75, 3.05) is 0 Å². The third kappa shape index (κ3) is 2.69. The lowest BCUT2D eigenvalue weighted by Crippen LogP contribution is -2.06. The molecule has 0 amide bonds. The van der Waals surface area contributed by atoms with E-state index in [1.807, 2.05) is 0 Å². The van der Waals surface area contributed by atoms with Crippen LogP contribution in [0, 0.1) is 11.6 Å². The second-order valence-electron chi connectivity index (χ2n) is 4.88. The molecule has 0 aliphatic rings. The summed E-state index contributed by atoms with van der Waals surface area (Å²) in [5.41, 5.74) is 0.0680. The van der Waals surface area contributed by atoms with Crippen molar-refractivity contribution in [1.82, 2.24) is 9.97 Å². The summed E-state index contributed by atoms with van der Waals surface area (Å²) in [6, 6.07) is 8.03. The maximum Gasteiger partial charge on any atom is 0.343 e. The van der Waals surface area contributed by atoms with Gasteiger partial charge in [-0.3, -0.25) is 0 Å². The van der Waals surface area contributed by atoms with Gasteiger partial charge < -0.3 is 15.2 Å². The summed E-state index contributed by atoms with van der Waals surface area (Å²) in [6.07, 6.45) is 0. The van der Waals surface area contributed by atoms with Gasteiger partial charge in [0.15, 0.2) is 11.6 Å². The number of rotatable bonds is 3. The average molecular weight is 351 g/mol. The molecule has 2 aromatic carbocycles. The van der Waals surface area contributed by atoms with E-state index in [9.17, 15) is 23.8 Å². The molecule has 24 heavy (non-hydrogen) atoms. The average Bonchev–Trinajstić information content (AvgIpc) is 2.93. The molecule has 0 bridgehead atoms. The Kier molecular flexibility index (Phi) is 3.94. The van der Waals surface area contributed by atoms with E-state index in [0.29, 0.717) is 23.2 Å². The fourth-order valence-corrected chi connectivity index (χ4v) is 2.46. The number of imidazole rings is 1. The Balaban J connectivity index is 2.25. The van der Waals surface area contributed by atoms with Crippen LogP contribution in [-0.2, 0) is 4.79 Å². The highest BCUT2D eigenvalue weighted by Crippen LogP contribution is 2.30. The number of nitrogens with zero attached hydrogens (tertiary/aromatic N) is 1. The number of carbonyl (C=O) groups is 1. The number of H-pyrrole nitrogens is 1. The molecular weight excluding hydrogens is 342 g/mol. The number of benzene rings is 2. The molecule has 1 aromatic heterocycles. The zero-order chi connectivity index (χ0) is 17.4. The first-order valence-electron chi connectivity index (χ1n) is 6.65. The SMILES string of the molecule is O=C(O)/C(=C(/O)c1cc(F)c(F)cc1Cl)c1nc2ccccc2[nH]1. The number of nitrogens with one attached hydrogen (secondary N) is 1. The van der Waals surface area contributed by atoms with Crippen LogP contribution in [-0.4, -0.2) is 26.2 Å². The molecular formula is C16H9ClF2N2O3. The number of aliphatic hydroxyl groups is 1. The number of fused-ring (bicyclic) bond motifs is 1. The summed E-state index contributed by atoms with van der Waals surface area (Å²) >= 11 is 5.79. The van der Waals surface area contributed by atoms with E-state index in [-0.39, 0.29) is 16.4 Å². The maximum absolute atomic E-state index is 13.4. The third-order valence-corrected chi connectivity index (χ3v) is 3.65. The summed E-state index contributed by atoms with van der Waals surface area (Å²) in [7, 11) is 0. The van der Waals surface area contributed by atoms with Crippen LogP contribution < -0.4 is 0 Å². The largest absolute Gasteiger partial charge is 0.506 e. The van der Waals surface area contributed by atoms with Crippen LogP contribution in [0.4, 0.5) is 8.78 Å². The molecule has 0 saturated carbocycles. The molecule has 0 unspecified atom stereocenters. The number of aromatic amines is 1. The lowest BCUT2D eigenvalue weighted by molar-refractivity contribution is -0.130. The summed E-state index contributed by atoms with van der Waals surface area (Å²) in [5, 5.41) is 19.4. The number of aliphatic hydroxyl groups excluding tert-OH is 1. The first-order valence-corrected chi connectivity index (χ1v) is 7.03. The third-order valence-electron chi connectivity index (χ3n) is 3.34. The van der Waals surface area contributed by atoms with E-state index in [2.05, 4.69) is 9.97 Å². The lowest BCUT2D eigenvalue weighted by atomic mass is 10.1. The Labute approximate surface area is 138 Å². The van der Waals surface area contributed by atoms with Gasteiger partial charge in [0.05, 0.1) is 16.1 Å². The molecule has 3 N–H and O–H groups in total. The number of halogens is 3. The molecule has 0 aliphatic carbocycles. The van der Waals surface area contributed by atoms with E-state index >= 15 is 0 Å². The van der Waals surface area contributed by atoms with E-state index in [1.165, 1.54) is 0 Å². The van der Waals surface area contributed by atoms with Crippen LogP contribution in [0.25, 0.3) is 22.4 Å². The van der Waals surface area contributed by atoms with Crippen molar-refractivity contribution < 1.29 is 23.8 Å². The number of aromatic nitrogens is 2. The van der Waals surface area contributed by atoms with Crippen molar-refractivity contribution in [2.45, 2.75) is 0 Å². The van der Waals surface area contributed by atoms with Crippen LogP contribution in [0.5, 0.6) is 0 Å². The molecule has 3 rings (SSSR count). The Hall–Kier alpha value is -2.93. The molecule has 122 valence electrons. The van der Waals surface area contributed by atoms with Crippen molar-refractivity contribution in [3.63, 3.8) is 0 Å². The summed E-state index contributed by atoms with van der Waals surface area (Å²) in [5.74, 6) is -4.95. The monoisotopic (exact) mass is 350 g/mol. The van der Waals surface area contributed by atoms with Crippen molar-refractivity contribution in [1.29, 1.82) is 0 Å². The molecule has 0 spiro atoms. The van der Waals surface area contributed by atoms with Gasteiger partial charge in [-0.05, 0) is 24.3 Å². The van der Waals surface area contributed by atoms with E-state index in [1.54, 1.807) is 24.3 Å².